The number of nitrogens with zero attached hydrogens (tertiary/aromatic N) is 5. The Balaban J connectivity index is 1.52. The number of pyridine rings is 1. The number of nitrogens with one attached hydrogen (secondary N) is 1. The molecule has 0 radical (unpaired) electrons. The maximum atomic E-state index is 5.39. The first kappa shape index (κ1) is 14.0. The Morgan fingerprint density at radius 3 is 2.80 bits per heavy atom. The molecule has 5 aromatic rings. The lowest BCUT2D eigenvalue weighted by Crippen LogP contribution is -1.83. The summed E-state index contributed by atoms with van der Waals surface area (Å²) in [5.74, 6) is 0.810. The van der Waals surface area contributed by atoms with Gasteiger partial charge in [0.15, 0.2) is 0 Å². The number of H-pyrrole nitrogens is 1. The number of hydrogen-bond acceptors (Lipinski definition) is 7. The highest BCUT2D eigenvalue weighted by molar-refractivity contribution is 7.13. The van der Waals surface area contributed by atoms with Crippen LogP contribution in [0.2, 0.25) is 0 Å². The van der Waals surface area contributed by atoms with Crippen LogP contribution in [0.3, 0.4) is 0 Å². The van der Waals surface area contributed by atoms with E-state index >= 15 is 0 Å². The van der Waals surface area contributed by atoms with Crippen molar-refractivity contribution in [1.82, 2.24) is 30.3 Å². The molecular formula is C17H10N6OS. The summed E-state index contributed by atoms with van der Waals surface area (Å²) in [5, 5.41) is 15.0. The van der Waals surface area contributed by atoms with Gasteiger partial charge in [-0.3, -0.25) is 10.1 Å². The quantitative estimate of drug-likeness (QED) is 0.534. The summed E-state index contributed by atoms with van der Waals surface area (Å²) in [4.78, 5) is 13.0. The van der Waals surface area contributed by atoms with E-state index in [9.17, 15) is 0 Å². The minimum absolute atomic E-state index is 0.374. The van der Waals surface area contributed by atoms with E-state index in [0.717, 1.165) is 21.5 Å². The first-order valence-electron chi connectivity index (χ1n) is 7.52. The van der Waals surface area contributed by atoms with Crippen LogP contribution in [-0.4, -0.2) is 30.3 Å². The van der Waals surface area contributed by atoms with Crippen molar-refractivity contribution in [2.24, 2.45) is 0 Å². The highest BCUT2D eigenvalue weighted by atomic mass is 32.1. The van der Waals surface area contributed by atoms with Gasteiger partial charge >= 0.3 is 0 Å². The number of thiazole rings is 1. The van der Waals surface area contributed by atoms with Gasteiger partial charge in [0, 0.05) is 28.7 Å². The Morgan fingerprint density at radius 2 is 1.88 bits per heavy atom. The summed E-state index contributed by atoms with van der Waals surface area (Å²) >= 11 is 1.52. The van der Waals surface area contributed by atoms with Crippen LogP contribution in [0, 0.1) is 0 Å². The Morgan fingerprint density at radius 1 is 1.00 bits per heavy atom. The first-order valence-corrected chi connectivity index (χ1v) is 8.40. The van der Waals surface area contributed by atoms with Gasteiger partial charge in [-0.15, -0.1) is 11.3 Å². The minimum Gasteiger partial charge on any atom is -0.332 e. The molecule has 0 aliphatic carbocycles. The van der Waals surface area contributed by atoms with Crippen molar-refractivity contribution in [3.8, 4) is 33.7 Å². The second-order valence-corrected chi connectivity index (χ2v) is 6.17. The van der Waals surface area contributed by atoms with Gasteiger partial charge in [-0.1, -0.05) is 23.4 Å². The van der Waals surface area contributed by atoms with Crippen molar-refractivity contribution < 1.29 is 4.52 Å². The maximum Gasteiger partial charge on any atom is 0.277 e. The summed E-state index contributed by atoms with van der Waals surface area (Å²) in [6, 6.07) is 11.6. The zero-order valence-electron chi connectivity index (χ0n) is 12.7. The summed E-state index contributed by atoms with van der Waals surface area (Å²) in [6.07, 6.45) is 3.48. The molecule has 0 fully saturated rings. The lowest BCUT2D eigenvalue weighted by molar-refractivity contribution is 0.431. The SMILES string of the molecule is c1ccc2c(-c3noc(-c4csc(-c5ccncc5)n4)n3)n[nH]c2c1. The average molecular weight is 346 g/mol. The molecule has 4 aromatic heterocycles. The summed E-state index contributed by atoms with van der Waals surface area (Å²) in [5.41, 5.74) is 3.24. The third kappa shape index (κ3) is 2.39. The van der Waals surface area contributed by atoms with E-state index in [4.69, 9.17) is 4.52 Å². The lowest BCUT2D eigenvalue weighted by Gasteiger charge is -1.92. The van der Waals surface area contributed by atoms with Gasteiger partial charge in [0.1, 0.15) is 16.4 Å². The van der Waals surface area contributed by atoms with Crippen molar-refractivity contribution in [3.05, 3.63) is 54.2 Å². The molecule has 7 nitrogen and oxygen atoms in total. The van der Waals surface area contributed by atoms with E-state index in [0.29, 0.717) is 23.1 Å². The fraction of sp³-hybridized carbons (Fsp3) is 0. The van der Waals surface area contributed by atoms with Gasteiger partial charge in [-0.2, -0.15) is 10.1 Å². The molecule has 0 unspecified atom stereocenters. The van der Waals surface area contributed by atoms with Crippen LogP contribution in [0.5, 0.6) is 0 Å². The normalized spacial score (nSPS) is 11.2. The zero-order valence-corrected chi connectivity index (χ0v) is 13.6. The van der Waals surface area contributed by atoms with Gasteiger partial charge in [-0.25, -0.2) is 4.98 Å². The van der Waals surface area contributed by atoms with Crippen LogP contribution in [-0.2, 0) is 0 Å². The zero-order chi connectivity index (χ0) is 16.6. The van der Waals surface area contributed by atoms with Crippen LogP contribution < -0.4 is 0 Å². The molecule has 0 spiro atoms. The molecule has 4 heterocycles. The Kier molecular flexibility index (Phi) is 3.14. The third-order valence-corrected chi connectivity index (χ3v) is 4.65. The van der Waals surface area contributed by atoms with E-state index in [2.05, 4.69) is 30.3 Å². The van der Waals surface area contributed by atoms with Gasteiger partial charge in [-0.05, 0) is 18.2 Å². The highest BCUT2D eigenvalue weighted by Gasteiger charge is 2.17. The van der Waals surface area contributed by atoms with Crippen LogP contribution in [0.1, 0.15) is 0 Å². The number of aromatic amines is 1. The van der Waals surface area contributed by atoms with Crippen molar-refractivity contribution >= 4 is 22.2 Å². The fourth-order valence-corrected chi connectivity index (χ4v) is 3.36. The van der Waals surface area contributed by atoms with E-state index < -0.39 is 0 Å². The highest BCUT2D eigenvalue weighted by Crippen LogP contribution is 2.30. The van der Waals surface area contributed by atoms with Crippen LogP contribution >= 0.6 is 11.3 Å². The molecule has 0 amide bonds. The van der Waals surface area contributed by atoms with E-state index in [1.807, 2.05) is 41.8 Å². The molecule has 120 valence electrons. The minimum atomic E-state index is 0.374. The molecule has 8 heteroatoms. The largest absolute Gasteiger partial charge is 0.332 e. The molecule has 0 atom stereocenters. The van der Waals surface area contributed by atoms with Crippen molar-refractivity contribution in [3.63, 3.8) is 0 Å². The molecular weight excluding hydrogens is 336 g/mol. The molecule has 1 aromatic carbocycles. The second kappa shape index (κ2) is 5.60. The molecule has 25 heavy (non-hydrogen) atoms. The average Bonchev–Trinajstić information content (AvgIpc) is 3.40. The summed E-state index contributed by atoms with van der Waals surface area (Å²) < 4.78 is 5.39. The number of aromatic nitrogens is 6. The number of fused-ring (bicyclic) bond motifs is 1. The maximum absolute atomic E-state index is 5.39. The number of para-hydroxylation sites is 1. The molecule has 0 saturated heterocycles. The standard InChI is InChI=1S/C17H10N6OS/c1-2-4-12-11(3-1)14(22-21-12)15-20-16(24-23-15)13-9-25-17(19-13)10-5-7-18-8-6-10/h1-9H,(H,21,22). The smallest absolute Gasteiger partial charge is 0.277 e. The Labute approximate surface area is 145 Å². The third-order valence-electron chi connectivity index (χ3n) is 3.76. The van der Waals surface area contributed by atoms with Crippen molar-refractivity contribution in [2.45, 2.75) is 0 Å². The van der Waals surface area contributed by atoms with Crippen LogP contribution in [0.4, 0.5) is 0 Å². The fourth-order valence-electron chi connectivity index (χ4n) is 2.56. The molecule has 1 N–H and O–H groups in total. The summed E-state index contributed by atoms with van der Waals surface area (Å²) in [6.45, 7) is 0. The predicted octanol–water partition coefficient (Wildman–Crippen LogP) is 3.80. The number of rotatable bonds is 3. The molecule has 0 aliphatic heterocycles. The van der Waals surface area contributed by atoms with Gasteiger partial charge < -0.3 is 4.52 Å². The molecule has 0 bridgehead atoms. The van der Waals surface area contributed by atoms with Gasteiger partial charge in [0.25, 0.3) is 5.89 Å². The molecule has 0 aliphatic rings. The van der Waals surface area contributed by atoms with Crippen molar-refractivity contribution in [1.29, 1.82) is 0 Å². The monoisotopic (exact) mass is 346 g/mol. The first-order chi connectivity index (χ1) is 12.4. The number of hydrogen-bond donors (Lipinski definition) is 1. The predicted molar refractivity (Wildman–Crippen MR) is 93.7 cm³/mol. The van der Waals surface area contributed by atoms with Gasteiger partial charge in [0.05, 0.1) is 5.52 Å². The van der Waals surface area contributed by atoms with Gasteiger partial charge in [0.2, 0.25) is 5.82 Å². The topological polar surface area (TPSA) is 93.4 Å². The summed E-state index contributed by atoms with van der Waals surface area (Å²) in [7, 11) is 0. The Hall–Kier alpha value is -3.39. The van der Waals surface area contributed by atoms with E-state index in [1.54, 1.807) is 12.4 Å². The van der Waals surface area contributed by atoms with Crippen molar-refractivity contribution in [2.75, 3.05) is 0 Å². The molecule has 0 saturated carbocycles. The van der Waals surface area contributed by atoms with E-state index in [1.165, 1.54) is 11.3 Å². The molecule has 5 rings (SSSR count). The number of benzene rings is 1. The van der Waals surface area contributed by atoms with Crippen LogP contribution in [0.25, 0.3) is 44.6 Å². The Bertz CT molecular complexity index is 1160. The lowest BCUT2D eigenvalue weighted by atomic mass is 10.2. The second-order valence-electron chi connectivity index (χ2n) is 5.31. The van der Waals surface area contributed by atoms with Crippen LogP contribution in [0.15, 0.2) is 58.7 Å². The van der Waals surface area contributed by atoms with E-state index in [-0.39, 0.29) is 0 Å².